The molecule has 2 aromatic carbocycles. The molecule has 1 aliphatic carbocycles. The summed E-state index contributed by atoms with van der Waals surface area (Å²) < 4.78 is 5.52. The molecule has 0 atom stereocenters. The molecule has 28 heavy (non-hydrogen) atoms. The van der Waals surface area contributed by atoms with Gasteiger partial charge in [-0.25, -0.2) is 4.99 Å². The number of amides is 1. The highest BCUT2D eigenvalue weighted by molar-refractivity contribution is 5.93. The molecule has 1 amide bonds. The first-order valence-corrected chi connectivity index (χ1v) is 9.82. The van der Waals surface area contributed by atoms with Crippen LogP contribution in [0.3, 0.4) is 0 Å². The highest BCUT2D eigenvalue weighted by atomic mass is 16.5. The Hall–Kier alpha value is -3.02. The first-order chi connectivity index (χ1) is 13.7. The molecule has 3 rings (SSSR count). The molecule has 0 radical (unpaired) electrons. The predicted molar refractivity (Wildman–Crippen MR) is 113 cm³/mol. The minimum atomic E-state index is -0.134. The monoisotopic (exact) mass is 380 g/mol. The molecule has 2 aromatic rings. The van der Waals surface area contributed by atoms with Gasteiger partial charge in [-0.15, -0.1) is 0 Å². The number of nitrogens with two attached hydrogens (primary N) is 1. The van der Waals surface area contributed by atoms with Gasteiger partial charge in [0.05, 0.1) is 6.54 Å². The fourth-order valence-electron chi connectivity index (χ4n) is 3.38. The summed E-state index contributed by atoms with van der Waals surface area (Å²) in [7, 11) is 0. The third-order valence-electron chi connectivity index (χ3n) is 4.73. The third kappa shape index (κ3) is 5.49. The van der Waals surface area contributed by atoms with Crippen molar-refractivity contribution in [3.05, 3.63) is 59.2 Å². The standard InChI is InChI=1S/C22H28N4O2/c1-2-24-21(27)15-28-18-10-5-7-16(13-18)14-25-22(23)26-20-12-6-9-17-8-3-4-11-19(17)20/h5-7,9-10,12-13H,2-4,8,11,14-15H2,1H3,(H,24,27)(H3,23,25,26). The van der Waals surface area contributed by atoms with E-state index in [0.717, 1.165) is 24.1 Å². The molecular formula is C22H28N4O2. The zero-order chi connectivity index (χ0) is 19.8. The molecule has 0 aromatic heterocycles. The van der Waals surface area contributed by atoms with Crippen LogP contribution in [0.15, 0.2) is 47.5 Å². The zero-order valence-corrected chi connectivity index (χ0v) is 16.3. The largest absolute Gasteiger partial charge is 0.484 e. The number of hydrogen-bond donors (Lipinski definition) is 3. The number of anilines is 1. The van der Waals surface area contributed by atoms with Gasteiger partial charge in [0.1, 0.15) is 5.75 Å². The summed E-state index contributed by atoms with van der Waals surface area (Å²) in [6.45, 7) is 2.91. The van der Waals surface area contributed by atoms with E-state index in [1.54, 1.807) is 0 Å². The second-order valence-corrected chi connectivity index (χ2v) is 6.87. The number of rotatable bonds is 7. The average Bonchev–Trinajstić information content (AvgIpc) is 2.72. The van der Waals surface area contributed by atoms with E-state index in [4.69, 9.17) is 10.5 Å². The highest BCUT2D eigenvalue weighted by Gasteiger charge is 2.13. The van der Waals surface area contributed by atoms with Gasteiger partial charge in [0.25, 0.3) is 5.91 Å². The van der Waals surface area contributed by atoms with Gasteiger partial charge in [-0.1, -0.05) is 24.3 Å². The van der Waals surface area contributed by atoms with Gasteiger partial charge in [-0.2, -0.15) is 0 Å². The minimum absolute atomic E-state index is 0.00335. The smallest absolute Gasteiger partial charge is 0.257 e. The average molecular weight is 380 g/mol. The fourth-order valence-corrected chi connectivity index (χ4v) is 3.38. The maximum atomic E-state index is 11.5. The van der Waals surface area contributed by atoms with E-state index in [9.17, 15) is 4.79 Å². The second kappa shape index (κ2) is 9.78. The lowest BCUT2D eigenvalue weighted by Gasteiger charge is -2.19. The van der Waals surface area contributed by atoms with Crippen molar-refractivity contribution in [1.82, 2.24) is 5.32 Å². The summed E-state index contributed by atoms with van der Waals surface area (Å²) in [5, 5.41) is 5.96. The third-order valence-corrected chi connectivity index (χ3v) is 4.73. The number of guanidine groups is 1. The Bertz CT molecular complexity index is 848. The SMILES string of the molecule is CCNC(=O)COc1cccc(CN=C(N)Nc2cccc3c2CCCC3)c1. The number of carbonyl (C=O) groups excluding carboxylic acids is 1. The Balaban J connectivity index is 1.59. The van der Waals surface area contributed by atoms with E-state index in [2.05, 4.69) is 33.8 Å². The number of likely N-dealkylation sites (N-methyl/N-ethyl adjacent to an activating group) is 1. The number of aliphatic imine (C=N–C) groups is 1. The molecule has 6 nitrogen and oxygen atoms in total. The van der Waals surface area contributed by atoms with Crippen LogP contribution in [0.5, 0.6) is 5.75 Å². The normalized spacial score (nSPS) is 13.5. The summed E-state index contributed by atoms with van der Waals surface area (Å²) in [5.74, 6) is 0.904. The van der Waals surface area contributed by atoms with Gasteiger partial charge >= 0.3 is 0 Å². The van der Waals surface area contributed by atoms with Crippen LogP contribution in [0, 0.1) is 0 Å². The summed E-state index contributed by atoms with van der Waals surface area (Å²) in [4.78, 5) is 16.0. The van der Waals surface area contributed by atoms with Crippen molar-refractivity contribution in [2.45, 2.75) is 39.2 Å². The van der Waals surface area contributed by atoms with Crippen LogP contribution < -0.4 is 21.1 Å². The molecular weight excluding hydrogens is 352 g/mol. The van der Waals surface area contributed by atoms with Gasteiger partial charge in [0, 0.05) is 12.2 Å². The van der Waals surface area contributed by atoms with Gasteiger partial charge in [0.2, 0.25) is 0 Å². The lowest BCUT2D eigenvalue weighted by molar-refractivity contribution is -0.122. The van der Waals surface area contributed by atoms with Crippen LogP contribution in [-0.4, -0.2) is 25.0 Å². The lowest BCUT2D eigenvalue weighted by Crippen LogP contribution is -2.28. The molecule has 0 heterocycles. The molecule has 0 unspecified atom stereocenters. The predicted octanol–water partition coefficient (Wildman–Crippen LogP) is 3.01. The van der Waals surface area contributed by atoms with Gasteiger partial charge in [0.15, 0.2) is 12.6 Å². The summed E-state index contributed by atoms with van der Waals surface area (Å²) >= 11 is 0. The Kier molecular flexibility index (Phi) is 6.89. The first kappa shape index (κ1) is 19.7. The van der Waals surface area contributed by atoms with Crippen LogP contribution in [0.25, 0.3) is 0 Å². The quantitative estimate of drug-likeness (QED) is 0.509. The molecule has 0 aliphatic heterocycles. The van der Waals surface area contributed by atoms with E-state index in [-0.39, 0.29) is 12.5 Å². The van der Waals surface area contributed by atoms with Crippen molar-refractivity contribution in [1.29, 1.82) is 0 Å². The molecule has 0 spiro atoms. The fraction of sp³-hybridized carbons (Fsp3) is 0.364. The maximum Gasteiger partial charge on any atom is 0.257 e. The van der Waals surface area contributed by atoms with Gasteiger partial charge in [-0.05, 0) is 67.5 Å². The van der Waals surface area contributed by atoms with Crippen molar-refractivity contribution in [2.24, 2.45) is 10.7 Å². The van der Waals surface area contributed by atoms with Crippen molar-refractivity contribution >= 4 is 17.6 Å². The van der Waals surface area contributed by atoms with Crippen LogP contribution in [0.4, 0.5) is 5.69 Å². The maximum absolute atomic E-state index is 11.5. The van der Waals surface area contributed by atoms with Gasteiger partial charge in [-0.3, -0.25) is 4.79 Å². The number of ether oxygens (including phenoxy) is 1. The van der Waals surface area contributed by atoms with E-state index in [1.807, 2.05) is 31.2 Å². The molecule has 1 aliphatic rings. The topological polar surface area (TPSA) is 88.7 Å². The van der Waals surface area contributed by atoms with Crippen molar-refractivity contribution < 1.29 is 9.53 Å². The molecule has 0 saturated heterocycles. The number of fused-ring (bicyclic) bond motifs is 1. The second-order valence-electron chi connectivity index (χ2n) is 6.87. The Labute approximate surface area is 166 Å². The number of benzene rings is 2. The van der Waals surface area contributed by atoms with E-state index in [0.29, 0.717) is 24.8 Å². The van der Waals surface area contributed by atoms with E-state index >= 15 is 0 Å². The lowest BCUT2D eigenvalue weighted by atomic mass is 9.90. The summed E-state index contributed by atoms with van der Waals surface area (Å²) in [6.07, 6.45) is 4.67. The van der Waals surface area contributed by atoms with Crippen molar-refractivity contribution in [3.63, 3.8) is 0 Å². The zero-order valence-electron chi connectivity index (χ0n) is 16.3. The highest BCUT2D eigenvalue weighted by Crippen LogP contribution is 2.27. The van der Waals surface area contributed by atoms with E-state index < -0.39 is 0 Å². The van der Waals surface area contributed by atoms with Crippen molar-refractivity contribution in [3.8, 4) is 5.75 Å². The number of carbonyl (C=O) groups is 1. The number of nitrogens with one attached hydrogen (secondary N) is 2. The molecule has 148 valence electrons. The molecule has 0 saturated carbocycles. The molecule has 4 N–H and O–H groups in total. The Morgan fingerprint density at radius 2 is 2.00 bits per heavy atom. The molecule has 0 fully saturated rings. The van der Waals surface area contributed by atoms with Crippen LogP contribution in [0.2, 0.25) is 0 Å². The number of nitrogens with zero attached hydrogens (tertiary/aromatic N) is 1. The number of hydrogen-bond acceptors (Lipinski definition) is 3. The molecule has 0 bridgehead atoms. The van der Waals surface area contributed by atoms with E-state index in [1.165, 1.54) is 24.0 Å². The van der Waals surface area contributed by atoms with Crippen LogP contribution in [-0.2, 0) is 24.2 Å². The summed E-state index contributed by atoms with van der Waals surface area (Å²) in [5.41, 5.74) is 10.9. The van der Waals surface area contributed by atoms with Crippen LogP contribution in [0.1, 0.15) is 36.5 Å². The van der Waals surface area contributed by atoms with Crippen molar-refractivity contribution in [2.75, 3.05) is 18.5 Å². The Morgan fingerprint density at radius 3 is 2.86 bits per heavy atom. The first-order valence-electron chi connectivity index (χ1n) is 9.82. The number of aryl methyl sites for hydroxylation is 1. The molecule has 6 heteroatoms. The van der Waals surface area contributed by atoms with Gasteiger partial charge < -0.3 is 21.1 Å². The Morgan fingerprint density at radius 1 is 1.18 bits per heavy atom. The van der Waals surface area contributed by atoms with Crippen LogP contribution >= 0.6 is 0 Å². The summed E-state index contributed by atoms with van der Waals surface area (Å²) in [6, 6.07) is 13.9. The minimum Gasteiger partial charge on any atom is -0.484 e.